The van der Waals surface area contributed by atoms with E-state index < -0.39 is 0 Å². The number of nitrogen functional groups attached to an aromatic ring is 1. The SMILES string of the molecule is CCCc1ccc(-c2oc(N)nc2CC)cc1. The van der Waals surface area contributed by atoms with Gasteiger partial charge in [0.15, 0.2) is 5.76 Å². The predicted molar refractivity (Wildman–Crippen MR) is 69.7 cm³/mol. The Balaban J connectivity index is 2.32. The molecular weight excluding hydrogens is 212 g/mol. The average molecular weight is 230 g/mol. The van der Waals surface area contributed by atoms with Crippen LogP contribution in [-0.4, -0.2) is 4.98 Å². The van der Waals surface area contributed by atoms with Crippen molar-refractivity contribution in [1.29, 1.82) is 0 Å². The lowest BCUT2D eigenvalue weighted by atomic mass is 10.1. The monoisotopic (exact) mass is 230 g/mol. The third-order valence-electron chi connectivity index (χ3n) is 2.80. The van der Waals surface area contributed by atoms with Gasteiger partial charge in [0.25, 0.3) is 6.01 Å². The van der Waals surface area contributed by atoms with Gasteiger partial charge >= 0.3 is 0 Å². The zero-order valence-corrected chi connectivity index (χ0v) is 10.4. The number of hydrogen-bond acceptors (Lipinski definition) is 3. The molecule has 0 bridgehead atoms. The first kappa shape index (κ1) is 11.7. The highest BCUT2D eigenvalue weighted by molar-refractivity contribution is 5.61. The molecule has 1 aromatic heterocycles. The Hall–Kier alpha value is -1.77. The van der Waals surface area contributed by atoms with Crippen molar-refractivity contribution < 1.29 is 4.42 Å². The van der Waals surface area contributed by atoms with E-state index in [0.717, 1.165) is 36.3 Å². The molecule has 1 heterocycles. The van der Waals surface area contributed by atoms with E-state index >= 15 is 0 Å². The normalized spacial score (nSPS) is 10.7. The lowest BCUT2D eigenvalue weighted by Crippen LogP contribution is -1.87. The van der Waals surface area contributed by atoms with E-state index in [0.29, 0.717) is 0 Å². The molecule has 0 saturated heterocycles. The van der Waals surface area contributed by atoms with Crippen molar-refractivity contribution >= 4 is 6.01 Å². The zero-order chi connectivity index (χ0) is 12.3. The Morgan fingerprint density at radius 1 is 1.18 bits per heavy atom. The molecule has 0 aliphatic carbocycles. The van der Waals surface area contributed by atoms with Crippen LogP contribution >= 0.6 is 0 Å². The van der Waals surface area contributed by atoms with Crippen LogP contribution < -0.4 is 5.73 Å². The molecule has 2 aromatic rings. The summed E-state index contributed by atoms with van der Waals surface area (Å²) < 4.78 is 5.46. The standard InChI is InChI=1S/C14H18N2O/c1-3-5-10-6-8-11(9-7-10)13-12(4-2)16-14(15)17-13/h6-9H,3-5H2,1-2H3,(H2,15,16). The van der Waals surface area contributed by atoms with E-state index in [4.69, 9.17) is 10.2 Å². The number of rotatable bonds is 4. The number of oxazole rings is 1. The second-order valence-corrected chi connectivity index (χ2v) is 4.13. The van der Waals surface area contributed by atoms with Crippen molar-refractivity contribution in [2.24, 2.45) is 0 Å². The van der Waals surface area contributed by atoms with Gasteiger partial charge in [-0.05, 0) is 18.4 Å². The number of nitrogens with two attached hydrogens (primary N) is 1. The van der Waals surface area contributed by atoms with E-state index in [2.05, 4.69) is 36.2 Å². The topological polar surface area (TPSA) is 52.0 Å². The smallest absolute Gasteiger partial charge is 0.292 e. The zero-order valence-electron chi connectivity index (χ0n) is 10.4. The van der Waals surface area contributed by atoms with Crippen molar-refractivity contribution in [3.8, 4) is 11.3 Å². The van der Waals surface area contributed by atoms with Gasteiger partial charge in [-0.2, -0.15) is 4.98 Å². The molecule has 0 aliphatic rings. The summed E-state index contributed by atoms with van der Waals surface area (Å²) in [7, 11) is 0. The minimum atomic E-state index is 0.245. The predicted octanol–water partition coefficient (Wildman–Crippen LogP) is 3.44. The summed E-state index contributed by atoms with van der Waals surface area (Å²) >= 11 is 0. The van der Waals surface area contributed by atoms with Crippen LogP contribution in [0.15, 0.2) is 28.7 Å². The van der Waals surface area contributed by atoms with Crippen LogP contribution in [0.3, 0.4) is 0 Å². The molecule has 0 radical (unpaired) electrons. The maximum atomic E-state index is 5.59. The minimum Gasteiger partial charge on any atom is -0.423 e. The van der Waals surface area contributed by atoms with Crippen LogP contribution in [0.4, 0.5) is 6.01 Å². The van der Waals surface area contributed by atoms with Gasteiger partial charge in [0.1, 0.15) is 0 Å². The fourth-order valence-electron chi connectivity index (χ4n) is 1.95. The Morgan fingerprint density at radius 3 is 2.47 bits per heavy atom. The number of anilines is 1. The van der Waals surface area contributed by atoms with Gasteiger partial charge < -0.3 is 10.2 Å². The summed E-state index contributed by atoms with van der Waals surface area (Å²) in [4.78, 5) is 4.18. The van der Waals surface area contributed by atoms with Crippen molar-refractivity contribution in [2.45, 2.75) is 33.1 Å². The van der Waals surface area contributed by atoms with Crippen LogP contribution in [0, 0.1) is 0 Å². The minimum absolute atomic E-state index is 0.245. The molecule has 0 spiro atoms. The molecule has 3 heteroatoms. The lowest BCUT2D eigenvalue weighted by molar-refractivity contribution is 0.593. The fourth-order valence-corrected chi connectivity index (χ4v) is 1.95. The Morgan fingerprint density at radius 2 is 1.88 bits per heavy atom. The Labute approximate surface area is 102 Å². The number of benzene rings is 1. The van der Waals surface area contributed by atoms with Crippen molar-refractivity contribution in [2.75, 3.05) is 5.73 Å². The summed E-state index contributed by atoms with van der Waals surface area (Å²) in [5.74, 6) is 0.799. The van der Waals surface area contributed by atoms with Crippen LogP contribution in [-0.2, 0) is 12.8 Å². The largest absolute Gasteiger partial charge is 0.423 e. The molecule has 90 valence electrons. The third kappa shape index (κ3) is 2.49. The molecule has 2 N–H and O–H groups in total. The van der Waals surface area contributed by atoms with Crippen LogP contribution in [0.2, 0.25) is 0 Å². The van der Waals surface area contributed by atoms with Gasteiger partial charge in [-0.1, -0.05) is 44.5 Å². The molecule has 3 nitrogen and oxygen atoms in total. The van der Waals surface area contributed by atoms with Crippen LogP contribution in [0.1, 0.15) is 31.5 Å². The highest BCUT2D eigenvalue weighted by Crippen LogP contribution is 2.26. The summed E-state index contributed by atoms with van der Waals surface area (Å²) in [5, 5.41) is 0. The second-order valence-electron chi connectivity index (χ2n) is 4.13. The number of hydrogen-bond donors (Lipinski definition) is 1. The molecule has 0 atom stereocenters. The molecule has 1 aromatic carbocycles. The second kappa shape index (κ2) is 5.04. The number of aryl methyl sites for hydroxylation is 2. The molecule has 0 aliphatic heterocycles. The lowest BCUT2D eigenvalue weighted by Gasteiger charge is -2.01. The highest BCUT2D eigenvalue weighted by atomic mass is 16.4. The Kier molecular flexibility index (Phi) is 3.47. The van der Waals surface area contributed by atoms with Crippen molar-refractivity contribution in [1.82, 2.24) is 4.98 Å². The molecule has 2 rings (SSSR count). The summed E-state index contributed by atoms with van der Waals surface area (Å²) in [6, 6.07) is 8.66. The van der Waals surface area contributed by atoms with Gasteiger partial charge in [0, 0.05) is 5.56 Å². The van der Waals surface area contributed by atoms with Crippen LogP contribution in [0.25, 0.3) is 11.3 Å². The summed E-state index contributed by atoms with van der Waals surface area (Å²) in [6.45, 7) is 4.23. The fraction of sp³-hybridized carbons (Fsp3) is 0.357. The maximum absolute atomic E-state index is 5.59. The first-order chi connectivity index (χ1) is 8.24. The maximum Gasteiger partial charge on any atom is 0.292 e. The molecule has 17 heavy (non-hydrogen) atoms. The Bertz CT molecular complexity index is 485. The van der Waals surface area contributed by atoms with E-state index in [-0.39, 0.29) is 6.01 Å². The van der Waals surface area contributed by atoms with Crippen molar-refractivity contribution in [3.63, 3.8) is 0 Å². The third-order valence-corrected chi connectivity index (χ3v) is 2.80. The van der Waals surface area contributed by atoms with E-state index in [1.54, 1.807) is 0 Å². The van der Waals surface area contributed by atoms with Gasteiger partial charge in [0.2, 0.25) is 0 Å². The van der Waals surface area contributed by atoms with Gasteiger partial charge in [0.05, 0.1) is 5.69 Å². The van der Waals surface area contributed by atoms with Crippen molar-refractivity contribution in [3.05, 3.63) is 35.5 Å². The molecule has 0 saturated carbocycles. The highest BCUT2D eigenvalue weighted by Gasteiger charge is 2.11. The quantitative estimate of drug-likeness (QED) is 0.875. The van der Waals surface area contributed by atoms with E-state index in [1.807, 2.05) is 6.92 Å². The summed E-state index contributed by atoms with van der Waals surface area (Å²) in [6.07, 6.45) is 3.10. The summed E-state index contributed by atoms with van der Waals surface area (Å²) in [5.41, 5.74) is 8.91. The first-order valence-corrected chi connectivity index (χ1v) is 6.09. The van der Waals surface area contributed by atoms with Gasteiger partial charge in [-0.3, -0.25) is 0 Å². The average Bonchev–Trinajstić information content (AvgIpc) is 2.72. The van der Waals surface area contributed by atoms with Crippen LogP contribution in [0.5, 0.6) is 0 Å². The molecular formula is C14H18N2O. The van der Waals surface area contributed by atoms with E-state index in [9.17, 15) is 0 Å². The molecule has 0 unspecified atom stereocenters. The van der Waals surface area contributed by atoms with Gasteiger partial charge in [-0.15, -0.1) is 0 Å². The van der Waals surface area contributed by atoms with E-state index in [1.165, 1.54) is 5.56 Å². The molecule has 0 fully saturated rings. The first-order valence-electron chi connectivity index (χ1n) is 6.09. The number of aromatic nitrogens is 1. The molecule has 0 amide bonds. The van der Waals surface area contributed by atoms with Gasteiger partial charge in [-0.25, -0.2) is 0 Å². The number of nitrogens with zero attached hydrogens (tertiary/aromatic N) is 1.